The third-order valence-corrected chi connectivity index (χ3v) is 5.32. The number of aryl methyl sites for hydroxylation is 1. The quantitative estimate of drug-likeness (QED) is 0.536. The monoisotopic (exact) mass is 458 g/mol. The molecule has 2 aromatic carbocycles. The van der Waals surface area contributed by atoms with Crippen molar-refractivity contribution in [2.45, 2.75) is 25.9 Å². The van der Waals surface area contributed by atoms with E-state index in [1.807, 2.05) is 0 Å². The van der Waals surface area contributed by atoms with Crippen LogP contribution in [0.2, 0.25) is 5.02 Å². The Morgan fingerprint density at radius 3 is 2.53 bits per heavy atom. The molecular weight excluding hydrogens is 442 g/mol. The normalized spacial score (nSPS) is 13.6. The van der Waals surface area contributed by atoms with E-state index in [0.717, 1.165) is 0 Å². The number of aliphatic hydroxyl groups is 1. The summed E-state index contributed by atoms with van der Waals surface area (Å²) in [6.45, 7) is 1.70. The number of hydrogen-bond acceptors (Lipinski definition) is 5. The first kappa shape index (κ1) is 21.9. The molecule has 6 nitrogen and oxygen atoms in total. The van der Waals surface area contributed by atoms with Gasteiger partial charge in [-0.15, -0.1) is 0 Å². The molecule has 1 aliphatic rings. The molecule has 1 atom stereocenters. The average Bonchev–Trinajstić information content (AvgIpc) is 3.14. The molecule has 1 aliphatic heterocycles. The molecule has 2 N–H and O–H groups in total. The molecule has 0 amide bonds. The van der Waals surface area contributed by atoms with Crippen LogP contribution >= 0.6 is 11.6 Å². The van der Waals surface area contributed by atoms with Gasteiger partial charge in [-0.2, -0.15) is 0 Å². The third kappa shape index (κ3) is 4.32. The second-order valence-electron chi connectivity index (χ2n) is 7.25. The summed E-state index contributed by atoms with van der Waals surface area (Å²) in [5.41, 5.74) is 3.05. The molecule has 2 heterocycles. The van der Waals surface area contributed by atoms with Gasteiger partial charge in [0.1, 0.15) is 11.9 Å². The second kappa shape index (κ2) is 8.64. The van der Waals surface area contributed by atoms with E-state index in [0.29, 0.717) is 44.9 Å². The Morgan fingerprint density at radius 1 is 1.16 bits per heavy atom. The molecule has 32 heavy (non-hydrogen) atoms. The number of benzene rings is 2. The summed E-state index contributed by atoms with van der Waals surface area (Å²) in [5.74, 6) is -0.356. The fraction of sp³-hybridized carbons (Fsp3) is 0.174. The number of carbonyl (C=O) groups is 1. The van der Waals surface area contributed by atoms with E-state index in [1.54, 1.807) is 37.3 Å². The van der Waals surface area contributed by atoms with E-state index < -0.39 is 18.5 Å². The molecular formula is C23H17ClF2N2O4. The summed E-state index contributed by atoms with van der Waals surface area (Å²) in [4.78, 5) is 20.3. The number of hydrogen-bond donors (Lipinski definition) is 2. The third-order valence-electron chi connectivity index (χ3n) is 5.04. The highest BCUT2D eigenvalue weighted by Crippen LogP contribution is 2.35. The number of ether oxygens (including phenoxy) is 1. The van der Waals surface area contributed by atoms with Crippen LogP contribution in [0.4, 0.5) is 14.5 Å². The van der Waals surface area contributed by atoms with Gasteiger partial charge in [0.2, 0.25) is 5.90 Å². The Balaban J connectivity index is 1.55. The molecule has 1 unspecified atom stereocenters. The standard InChI is InChI=1S/C23H17ClF2N2O4/c1-11-2-7-14(8-15(11)23(30)31)32-19-10-18-17(27-19)9-16(24)20(28-18)12-3-5-13(6-4-12)21(29)22(25)26/h2-9,21-22,29H,10H2,1H3,(H,30,31). The summed E-state index contributed by atoms with van der Waals surface area (Å²) in [6.07, 6.45) is -4.46. The molecule has 0 radical (unpaired) electrons. The minimum absolute atomic E-state index is 0.0962. The summed E-state index contributed by atoms with van der Waals surface area (Å²) in [7, 11) is 0. The number of alkyl halides is 2. The maximum absolute atomic E-state index is 12.7. The van der Waals surface area contributed by atoms with Gasteiger partial charge in [-0.05, 0) is 36.2 Å². The van der Waals surface area contributed by atoms with Crippen LogP contribution in [0, 0.1) is 6.92 Å². The number of aromatic nitrogens is 1. The lowest BCUT2D eigenvalue weighted by Crippen LogP contribution is -2.10. The largest absolute Gasteiger partial charge is 0.478 e. The van der Waals surface area contributed by atoms with E-state index >= 15 is 0 Å². The van der Waals surface area contributed by atoms with Crippen molar-refractivity contribution in [3.8, 4) is 17.0 Å². The van der Waals surface area contributed by atoms with Crippen LogP contribution in [0.25, 0.3) is 11.3 Å². The fourth-order valence-electron chi connectivity index (χ4n) is 3.34. The Hall–Kier alpha value is -3.36. The topological polar surface area (TPSA) is 92.0 Å². The predicted octanol–water partition coefficient (Wildman–Crippen LogP) is 5.37. The van der Waals surface area contributed by atoms with Crippen molar-refractivity contribution in [2.24, 2.45) is 4.99 Å². The van der Waals surface area contributed by atoms with E-state index in [4.69, 9.17) is 16.3 Å². The zero-order chi connectivity index (χ0) is 23.0. The lowest BCUT2D eigenvalue weighted by atomic mass is 10.0. The van der Waals surface area contributed by atoms with Gasteiger partial charge in [0, 0.05) is 5.56 Å². The summed E-state index contributed by atoms with van der Waals surface area (Å²) in [5, 5.41) is 19.1. The van der Waals surface area contributed by atoms with Gasteiger partial charge in [0.25, 0.3) is 6.43 Å². The molecule has 0 bridgehead atoms. The van der Waals surface area contributed by atoms with E-state index in [2.05, 4.69) is 9.98 Å². The van der Waals surface area contributed by atoms with Crippen LogP contribution in [0.1, 0.15) is 33.3 Å². The fourth-order valence-corrected chi connectivity index (χ4v) is 3.59. The Labute approximate surface area is 186 Å². The van der Waals surface area contributed by atoms with Crippen molar-refractivity contribution < 1.29 is 28.5 Å². The van der Waals surface area contributed by atoms with Crippen LogP contribution in [0.15, 0.2) is 53.5 Å². The lowest BCUT2D eigenvalue weighted by molar-refractivity contribution is -0.00577. The molecule has 0 saturated heterocycles. The van der Waals surface area contributed by atoms with Gasteiger partial charge >= 0.3 is 5.97 Å². The zero-order valence-corrected chi connectivity index (χ0v) is 17.5. The maximum atomic E-state index is 12.7. The van der Waals surface area contributed by atoms with Crippen molar-refractivity contribution in [1.82, 2.24) is 4.98 Å². The molecule has 0 spiro atoms. The summed E-state index contributed by atoms with van der Waals surface area (Å²) < 4.78 is 31.1. The highest BCUT2D eigenvalue weighted by Gasteiger charge is 2.23. The molecule has 4 rings (SSSR count). The molecule has 0 fully saturated rings. The first-order valence-corrected chi connectivity index (χ1v) is 9.96. The van der Waals surface area contributed by atoms with Gasteiger partial charge in [0.15, 0.2) is 0 Å². The highest BCUT2D eigenvalue weighted by molar-refractivity contribution is 6.33. The Bertz CT molecular complexity index is 1230. The van der Waals surface area contributed by atoms with Gasteiger partial charge in [-0.1, -0.05) is 41.9 Å². The van der Waals surface area contributed by atoms with Gasteiger partial charge in [-0.25, -0.2) is 23.6 Å². The van der Waals surface area contributed by atoms with Crippen LogP contribution in [-0.2, 0) is 6.42 Å². The molecule has 0 saturated carbocycles. The second-order valence-corrected chi connectivity index (χ2v) is 7.66. The number of pyridine rings is 1. The van der Waals surface area contributed by atoms with Crippen LogP contribution in [0.3, 0.4) is 0 Å². The van der Waals surface area contributed by atoms with Gasteiger partial charge < -0.3 is 14.9 Å². The number of carboxylic acids is 1. The number of rotatable bonds is 5. The van der Waals surface area contributed by atoms with Crippen molar-refractivity contribution in [1.29, 1.82) is 0 Å². The van der Waals surface area contributed by atoms with Crippen LogP contribution in [-0.4, -0.2) is 33.5 Å². The van der Waals surface area contributed by atoms with E-state index in [9.17, 15) is 23.8 Å². The van der Waals surface area contributed by atoms with Crippen molar-refractivity contribution >= 4 is 29.2 Å². The Morgan fingerprint density at radius 2 is 1.88 bits per heavy atom. The molecule has 164 valence electrons. The number of nitrogens with zero attached hydrogens (tertiary/aromatic N) is 2. The molecule has 0 aliphatic carbocycles. The smallest absolute Gasteiger partial charge is 0.336 e. The molecule has 3 aromatic rings. The highest BCUT2D eigenvalue weighted by atomic mass is 35.5. The SMILES string of the molecule is Cc1ccc(OC2=Nc3cc(Cl)c(-c4ccc(C(O)C(F)F)cc4)nc3C2)cc1C(=O)O. The first-order chi connectivity index (χ1) is 15.2. The summed E-state index contributed by atoms with van der Waals surface area (Å²) >= 11 is 6.37. The first-order valence-electron chi connectivity index (χ1n) is 9.58. The van der Waals surface area contributed by atoms with Crippen LogP contribution < -0.4 is 4.74 Å². The predicted molar refractivity (Wildman–Crippen MR) is 115 cm³/mol. The molecule has 9 heteroatoms. The lowest BCUT2D eigenvalue weighted by Gasteiger charge is -2.11. The number of aliphatic hydroxyl groups excluding tert-OH is 1. The average molecular weight is 459 g/mol. The number of halogens is 3. The van der Waals surface area contributed by atoms with Crippen LogP contribution in [0.5, 0.6) is 5.75 Å². The maximum Gasteiger partial charge on any atom is 0.336 e. The van der Waals surface area contributed by atoms with Crippen molar-refractivity contribution in [2.75, 3.05) is 0 Å². The number of fused-ring (bicyclic) bond motifs is 1. The Kier molecular flexibility index (Phi) is 5.90. The summed E-state index contributed by atoms with van der Waals surface area (Å²) in [6, 6.07) is 12.3. The van der Waals surface area contributed by atoms with Crippen molar-refractivity contribution in [3.05, 3.63) is 75.9 Å². The zero-order valence-electron chi connectivity index (χ0n) is 16.7. The number of carboxylic acid groups (broad SMARTS) is 1. The van der Waals surface area contributed by atoms with Gasteiger partial charge in [-0.3, -0.25) is 0 Å². The van der Waals surface area contributed by atoms with Gasteiger partial charge in [0.05, 0.1) is 34.1 Å². The minimum Gasteiger partial charge on any atom is -0.478 e. The number of aliphatic imine (C=N–C) groups is 1. The van der Waals surface area contributed by atoms with Crippen molar-refractivity contribution in [3.63, 3.8) is 0 Å². The minimum atomic E-state index is -2.88. The molecule has 1 aromatic heterocycles. The van der Waals surface area contributed by atoms with E-state index in [-0.39, 0.29) is 17.5 Å². The number of aromatic carboxylic acids is 1. The van der Waals surface area contributed by atoms with E-state index in [1.165, 1.54) is 18.2 Å².